The first-order chi connectivity index (χ1) is 8.42. The molecule has 4 nitrogen and oxygen atoms in total. The van der Waals surface area contributed by atoms with Crippen LogP contribution in [0.2, 0.25) is 5.02 Å². The molecule has 0 aliphatic carbocycles. The van der Waals surface area contributed by atoms with Gasteiger partial charge in [0.25, 0.3) is 10.1 Å². The zero-order chi connectivity index (χ0) is 13.6. The van der Waals surface area contributed by atoms with Crippen LogP contribution in [0, 0.1) is 0 Å². The summed E-state index contributed by atoms with van der Waals surface area (Å²) in [7, 11) is -3.88. The van der Waals surface area contributed by atoms with Crippen molar-refractivity contribution < 1.29 is 13.0 Å². The Kier molecular flexibility index (Phi) is 5.91. The second-order valence-corrected chi connectivity index (χ2v) is 6.12. The van der Waals surface area contributed by atoms with E-state index in [1.165, 1.54) is 0 Å². The van der Waals surface area contributed by atoms with Crippen molar-refractivity contribution in [2.75, 3.05) is 23.7 Å². The van der Waals surface area contributed by atoms with E-state index in [2.05, 4.69) is 11.8 Å². The maximum absolute atomic E-state index is 10.7. The lowest BCUT2D eigenvalue weighted by Crippen LogP contribution is -2.26. The lowest BCUT2D eigenvalue weighted by Gasteiger charge is -2.24. The molecule has 0 saturated heterocycles. The minimum atomic E-state index is -3.88. The van der Waals surface area contributed by atoms with Crippen LogP contribution in [0.4, 0.5) is 5.69 Å². The van der Waals surface area contributed by atoms with Crippen molar-refractivity contribution in [3.8, 4) is 0 Å². The lowest BCUT2D eigenvalue weighted by atomic mass is 10.2. The fourth-order valence-corrected chi connectivity index (χ4v) is 2.43. The van der Waals surface area contributed by atoms with E-state index in [4.69, 9.17) is 16.2 Å². The van der Waals surface area contributed by atoms with Gasteiger partial charge in [0.05, 0.1) is 5.75 Å². The molecule has 0 bridgehead atoms. The Labute approximate surface area is 113 Å². The van der Waals surface area contributed by atoms with E-state index in [0.717, 1.165) is 18.7 Å². The molecule has 1 aromatic rings. The molecule has 1 rings (SSSR count). The van der Waals surface area contributed by atoms with E-state index >= 15 is 0 Å². The molecule has 6 heteroatoms. The number of benzene rings is 1. The first-order valence-corrected chi connectivity index (χ1v) is 7.87. The molecule has 0 spiro atoms. The van der Waals surface area contributed by atoms with Crippen molar-refractivity contribution in [3.63, 3.8) is 0 Å². The first-order valence-electron chi connectivity index (χ1n) is 5.88. The Hall–Kier alpha value is -0.780. The Morgan fingerprint density at radius 1 is 1.33 bits per heavy atom. The smallest absolute Gasteiger partial charge is 0.264 e. The number of rotatable bonds is 7. The van der Waals surface area contributed by atoms with Crippen LogP contribution in [0.15, 0.2) is 24.3 Å². The molecule has 0 heterocycles. The predicted molar refractivity (Wildman–Crippen MR) is 75.0 cm³/mol. The van der Waals surface area contributed by atoms with Crippen molar-refractivity contribution in [3.05, 3.63) is 29.3 Å². The number of hydrogen-bond donors (Lipinski definition) is 1. The minimum Gasteiger partial charge on any atom is -0.371 e. The molecule has 0 saturated carbocycles. The fourth-order valence-electron chi connectivity index (χ4n) is 1.75. The molecule has 0 amide bonds. The van der Waals surface area contributed by atoms with Gasteiger partial charge in [-0.25, -0.2) is 0 Å². The number of hydrogen-bond acceptors (Lipinski definition) is 3. The monoisotopic (exact) mass is 291 g/mol. The van der Waals surface area contributed by atoms with Gasteiger partial charge in [-0.15, -0.1) is 0 Å². The van der Waals surface area contributed by atoms with Crippen molar-refractivity contribution in [2.24, 2.45) is 0 Å². The van der Waals surface area contributed by atoms with E-state index in [9.17, 15) is 8.42 Å². The highest BCUT2D eigenvalue weighted by Gasteiger charge is 2.09. The largest absolute Gasteiger partial charge is 0.371 e. The number of nitrogens with zero attached hydrogens (tertiary/aromatic N) is 1. The van der Waals surface area contributed by atoms with Crippen molar-refractivity contribution in [1.29, 1.82) is 0 Å². The third-order valence-electron chi connectivity index (χ3n) is 2.50. The van der Waals surface area contributed by atoms with Gasteiger partial charge in [0.1, 0.15) is 0 Å². The Morgan fingerprint density at radius 2 is 2.06 bits per heavy atom. The number of anilines is 1. The summed E-state index contributed by atoms with van der Waals surface area (Å²) in [5, 5.41) is 0.656. The molecule has 0 atom stereocenters. The number of halogens is 1. The predicted octanol–water partition coefficient (Wildman–Crippen LogP) is 2.83. The normalized spacial score (nSPS) is 11.5. The van der Waals surface area contributed by atoms with Crippen LogP contribution >= 0.6 is 11.6 Å². The molecular weight excluding hydrogens is 274 g/mol. The van der Waals surface area contributed by atoms with Crippen LogP contribution in [0.3, 0.4) is 0 Å². The summed E-state index contributed by atoms with van der Waals surface area (Å²) in [6, 6.07) is 7.45. The molecule has 0 aromatic heterocycles. The summed E-state index contributed by atoms with van der Waals surface area (Å²) < 4.78 is 30.1. The highest BCUT2D eigenvalue weighted by molar-refractivity contribution is 7.85. The molecule has 0 radical (unpaired) electrons. The molecule has 18 heavy (non-hydrogen) atoms. The molecular formula is C12H18ClNO3S. The van der Waals surface area contributed by atoms with Crippen LogP contribution in [-0.2, 0) is 10.1 Å². The molecule has 102 valence electrons. The maximum atomic E-state index is 10.7. The average Bonchev–Trinajstić information content (AvgIpc) is 2.26. The van der Waals surface area contributed by atoms with Crippen molar-refractivity contribution in [2.45, 2.75) is 19.8 Å². The maximum Gasteiger partial charge on any atom is 0.264 e. The van der Waals surface area contributed by atoms with E-state index in [0.29, 0.717) is 18.0 Å². The van der Waals surface area contributed by atoms with Gasteiger partial charge in [0.15, 0.2) is 0 Å². The first kappa shape index (κ1) is 15.3. The van der Waals surface area contributed by atoms with Gasteiger partial charge in [0.2, 0.25) is 0 Å². The molecule has 1 N–H and O–H groups in total. The second-order valence-electron chi connectivity index (χ2n) is 4.11. The summed E-state index contributed by atoms with van der Waals surface area (Å²) >= 11 is 5.93. The van der Waals surface area contributed by atoms with Gasteiger partial charge in [-0.05, 0) is 31.0 Å². The van der Waals surface area contributed by atoms with Crippen LogP contribution in [0.25, 0.3) is 0 Å². The molecule has 0 aliphatic rings. The lowest BCUT2D eigenvalue weighted by molar-refractivity contribution is 0.481. The summed E-state index contributed by atoms with van der Waals surface area (Å²) in [5.41, 5.74) is 0.972. The summed E-state index contributed by atoms with van der Waals surface area (Å²) in [6.45, 7) is 3.46. The summed E-state index contributed by atoms with van der Waals surface area (Å²) in [5.74, 6) is -0.215. The van der Waals surface area contributed by atoms with Crippen LogP contribution < -0.4 is 4.90 Å². The van der Waals surface area contributed by atoms with Gasteiger partial charge >= 0.3 is 0 Å². The minimum absolute atomic E-state index is 0.215. The van der Waals surface area contributed by atoms with E-state index in [1.807, 2.05) is 18.2 Å². The third-order valence-corrected chi connectivity index (χ3v) is 3.54. The van der Waals surface area contributed by atoms with Crippen LogP contribution in [-0.4, -0.2) is 31.8 Å². The fraction of sp³-hybridized carbons (Fsp3) is 0.500. The quantitative estimate of drug-likeness (QED) is 0.785. The van der Waals surface area contributed by atoms with E-state index in [-0.39, 0.29) is 5.75 Å². The zero-order valence-electron chi connectivity index (χ0n) is 10.3. The van der Waals surface area contributed by atoms with E-state index in [1.54, 1.807) is 6.07 Å². The zero-order valence-corrected chi connectivity index (χ0v) is 11.9. The second kappa shape index (κ2) is 6.97. The molecule has 0 aliphatic heterocycles. The molecule has 0 unspecified atom stereocenters. The van der Waals surface area contributed by atoms with Gasteiger partial charge in [-0.2, -0.15) is 8.42 Å². The molecule has 1 aromatic carbocycles. The van der Waals surface area contributed by atoms with Gasteiger partial charge in [-0.3, -0.25) is 4.55 Å². The highest BCUT2D eigenvalue weighted by atomic mass is 35.5. The molecule has 0 fully saturated rings. The standard InChI is InChI=1S/C12H18ClNO3S/c1-2-7-14(8-4-9-18(15,16)17)12-6-3-5-11(13)10-12/h3,5-6,10H,2,4,7-9H2,1H3,(H,15,16,17). The average molecular weight is 292 g/mol. The SMILES string of the molecule is CCCN(CCCS(=O)(=O)O)c1cccc(Cl)c1. The van der Waals surface area contributed by atoms with Crippen LogP contribution in [0.1, 0.15) is 19.8 Å². The van der Waals surface area contributed by atoms with Gasteiger partial charge < -0.3 is 4.90 Å². The topological polar surface area (TPSA) is 57.6 Å². The Morgan fingerprint density at radius 3 is 2.61 bits per heavy atom. The van der Waals surface area contributed by atoms with Crippen molar-refractivity contribution in [1.82, 2.24) is 0 Å². The van der Waals surface area contributed by atoms with Gasteiger partial charge in [-0.1, -0.05) is 24.6 Å². The highest BCUT2D eigenvalue weighted by Crippen LogP contribution is 2.20. The van der Waals surface area contributed by atoms with Gasteiger partial charge in [0, 0.05) is 23.8 Å². The summed E-state index contributed by atoms with van der Waals surface area (Å²) in [4.78, 5) is 2.07. The Balaban J connectivity index is 2.65. The summed E-state index contributed by atoms with van der Waals surface area (Å²) in [6.07, 6.45) is 1.35. The Bertz CT molecular complexity index is 476. The van der Waals surface area contributed by atoms with E-state index < -0.39 is 10.1 Å². The third kappa shape index (κ3) is 5.71. The van der Waals surface area contributed by atoms with Crippen LogP contribution in [0.5, 0.6) is 0 Å². The van der Waals surface area contributed by atoms with Crippen molar-refractivity contribution >= 4 is 27.4 Å².